The van der Waals surface area contributed by atoms with Crippen molar-refractivity contribution >= 4 is 17.5 Å². The summed E-state index contributed by atoms with van der Waals surface area (Å²) >= 11 is 5.84. The van der Waals surface area contributed by atoms with Crippen molar-refractivity contribution in [2.45, 2.75) is 32.6 Å². The van der Waals surface area contributed by atoms with E-state index in [-0.39, 0.29) is 5.91 Å². The van der Waals surface area contributed by atoms with Crippen LogP contribution in [-0.4, -0.2) is 23.9 Å². The van der Waals surface area contributed by atoms with Gasteiger partial charge in [0.2, 0.25) is 5.91 Å². The first-order valence-electron chi connectivity index (χ1n) is 6.67. The molecule has 1 aromatic carbocycles. The van der Waals surface area contributed by atoms with Gasteiger partial charge in [-0.1, -0.05) is 30.7 Å². The summed E-state index contributed by atoms with van der Waals surface area (Å²) in [5.41, 5.74) is 1.18. The van der Waals surface area contributed by atoms with Gasteiger partial charge in [-0.25, -0.2) is 0 Å². The van der Waals surface area contributed by atoms with Crippen molar-refractivity contribution in [3.63, 3.8) is 0 Å². The molecule has 98 valence electrons. The zero-order valence-corrected chi connectivity index (χ0v) is 11.6. The van der Waals surface area contributed by atoms with Crippen LogP contribution in [0, 0.1) is 5.92 Å². The van der Waals surface area contributed by atoms with Crippen LogP contribution in [0.3, 0.4) is 0 Å². The lowest BCUT2D eigenvalue weighted by Gasteiger charge is -2.31. The summed E-state index contributed by atoms with van der Waals surface area (Å²) in [6.07, 6.45) is 3.81. The molecule has 1 heterocycles. The lowest BCUT2D eigenvalue weighted by molar-refractivity contribution is -0.132. The van der Waals surface area contributed by atoms with Gasteiger partial charge >= 0.3 is 0 Å². The second-order valence-electron chi connectivity index (χ2n) is 5.21. The molecule has 1 unspecified atom stereocenters. The first-order chi connectivity index (χ1) is 8.65. The third-order valence-corrected chi connectivity index (χ3v) is 3.80. The molecular formula is C15H20ClNO. The Morgan fingerprint density at radius 2 is 2.11 bits per heavy atom. The van der Waals surface area contributed by atoms with E-state index in [0.29, 0.717) is 12.3 Å². The minimum absolute atomic E-state index is 0.288. The smallest absolute Gasteiger partial charge is 0.222 e. The average Bonchev–Trinajstić information content (AvgIpc) is 2.38. The quantitative estimate of drug-likeness (QED) is 0.819. The Labute approximate surface area is 114 Å². The van der Waals surface area contributed by atoms with E-state index in [1.807, 2.05) is 29.2 Å². The molecule has 1 amide bonds. The van der Waals surface area contributed by atoms with Crippen LogP contribution in [0.1, 0.15) is 31.7 Å². The highest BCUT2D eigenvalue weighted by Gasteiger charge is 2.20. The molecule has 1 saturated heterocycles. The summed E-state index contributed by atoms with van der Waals surface area (Å²) in [5.74, 6) is 0.940. The van der Waals surface area contributed by atoms with E-state index in [0.717, 1.165) is 31.0 Å². The van der Waals surface area contributed by atoms with Crippen LogP contribution in [0.2, 0.25) is 5.02 Å². The average molecular weight is 266 g/mol. The number of piperidine rings is 1. The Morgan fingerprint density at radius 1 is 1.39 bits per heavy atom. The van der Waals surface area contributed by atoms with E-state index in [4.69, 9.17) is 11.6 Å². The molecule has 2 rings (SSSR count). The summed E-state index contributed by atoms with van der Waals surface area (Å²) in [7, 11) is 0. The maximum Gasteiger partial charge on any atom is 0.222 e. The highest BCUT2D eigenvalue weighted by atomic mass is 35.5. The summed E-state index contributed by atoms with van der Waals surface area (Å²) < 4.78 is 0. The molecule has 18 heavy (non-hydrogen) atoms. The SMILES string of the molecule is CC1CCCN(C(=O)CCc2ccc(Cl)cc2)C1. The Morgan fingerprint density at radius 3 is 2.78 bits per heavy atom. The van der Waals surface area contributed by atoms with Crippen LogP contribution in [0.25, 0.3) is 0 Å². The highest BCUT2D eigenvalue weighted by molar-refractivity contribution is 6.30. The number of carbonyl (C=O) groups is 1. The molecule has 2 nitrogen and oxygen atoms in total. The van der Waals surface area contributed by atoms with Gasteiger partial charge < -0.3 is 4.90 Å². The summed E-state index contributed by atoms with van der Waals surface area (Å²) in [5, 5.41) is 0.745. The maximum absolute atomic E-state index is 12.1. The van der Waals surface area contributed by atoms with E-state index in [9.17, 15) is 4.79 Å². The van der Waals surface area contributed by atoms with Crippen LogP contribution in [-0.2, 0) is 11.2 Å². The first kappa shape index (κ1) is 13.4. The largest absolute Gasteiger partial charge is 0.342 e. The number of hydrogen-bond acceptors (Lipinski definition) is 1. The second kappa shape index (κ2) is 6.24. The Hall–Kier alpha value is -1.02. The van der Waals surface area contributed by atoms with E-state index >= 15 is 0 Å². The maximum atomic E-state index is 12.1. The molecule has 0 N–H and O–H groups in total. The van der Waals surface area contributed by atoms with E-state index in [2.05, 4.69) is 6.92 Å². The Balaban J connectivity index is 1.82. The van der Waals surface area contributed by atoms with Gasteiger partial charge in [0.05, 0.1) is 0 Å². The van der Waals surface area contributed by atoms with Crippen molar-refractivity contribution in [2.75, 3.05) is 13.1 Å². The van der Waals surface area contributed by atoms with Crippen molar-refractivity contribution < 1.29 is 4.79 Å². The summed E-state index contributed by atoms with van der Waals surface area (Å²) in [6, 6.07) is 7.75. The predicted molar refractivity (Wildman–Crippen MR) is 74.8 cm³/mol. The zero-order valence-electron chi connectivity index (χ0n) is 10.9. The lowest BCUT2D eigenvalue weighted by atomic mass is 9.99. The minimum atomic E-state index is 0.288. The number of amides is 1. The van der Waals surface area contributed by atoms with Crippen LogP contribution in [0.5, 0.6) is 0 Å². The van der Waals surface area contributed by atoms with Gasteiger partial charge in [0, 0.05) is 24.5 Å². The number of likely N-dealkylation sites (tertiary alicyclic amines) is 1. The zero-order chi connectivity index (χ0) is 13.0. The number of carbonyl (C=O) groups excluding carboxylic acids is 1. The molecule has 1 aliphatic heterocycles. The van der Waals surface area contributed by atoms with Gasteiger partial charge in [0.25, 0.3) is 0 Å². The van der Waals surface area contributed by atoms with E-state index < -0.39 is 0 Å². The van der Waals surface area contributed by atoms with Gasteiger partial charge in [-0.2, -0.15) is 0 Å². The molecule has 0 aliphatic carbocycles. The third-order valence-electron chi connectivity index (χ3n) is 3.55. The first-order valence-corrected chi connectivity index (χ1v) is 7.05. The number of halogens is 1. The Kier molecular flexibility index (Phi) is 4.65. The minimum Gasteiger partial charge on any atom is -0.342 e. The molecule has 0 saturated carbocycles. The molecule has 0 aromatic heterocycles. The fraction of sp³-hybridized carbons (Fsp3) is 0.533. The van der Waals surface area contributed by atoms with Crippen molar-refractivity contribution in [2.24, 2.45) is 5.92 Å². The predicted octanol–water partition coefficient (Wildman–Crippen LogP) is 3.53. The molecule has 1 fully saturated rings. The molecule has 0 spiro atoms. The second-order valence-corrected chi connectivity index (χ2v) is 5.65. The van der Waals surface area contributed by atoms with Gasteiger partial charge in [0.1, 0.15) is 0 Å². The molecule has 1 aromatic rings. The molecule has 1 aliphatic rings. The van der Waals surface area contributed by atoms with Crippen LogP contribution >= 0.6 is 11.6 Å². The standard InChI is InChI=1S/C15H20ClNO/c1-12-3-2-10-17(11-12)15(18)9-6-13-4-7-14(16)8-5-13/h4-5,7-8,12H,2-3,6,9-11H2,1H3. The summed E-state index contributed by atoms with van der Waals surface area (Å²) in [6.45, 7) is 4.09. The normalized spacial score (nSPS) is 19.9. The van der Waals surface area contributed by atoms with Gasteiger partial charge in [-0.05, 0) is 42.9 Å². The number of aryl methyl sites for hydroxylation is 1. The van der Waals surface area contributed by atoms with Crippen LogP contribution < -0.4 is 0 Å². The third kappa shape index (κ3) is 3.74. The topological polar surface area (TPSA) is 20.3 Å². The van der Waals surface area contributed by atoms with Crippen molar-refractivity contribution in [1.29, 1.82) is 0 Å². The van der Waals surface area contributed by atoms with Gasteiger partial charge in [-0.3, -0.25) is 4.79 Å². The van der Waals surface area contributed by atoms with Crippen LogP contribution in [0.15, 0.2) is 24.3 Å². The number of hydrogen-bond donors (Lipinski definition) is 0. The lowest BCUT2D eigenvalue weighted by Crippen LogP contribution is -2.39. The highest BCUT2D eigenvalue weighted by Crippen LogP contribution is 2.17. The number of benzene rings is 1. The van der Waals surface area contributed by atoms with Crippen LogP contribution in [0.4, 0.5) is 0 Å². The molecule has 3 heteroatoms. The fourth-order valence-corrected chi connectivity index (χ4v) is 2.60. The fourth-order valence-electron chi connectivity index (χ4n) is 2.48. The molecule has 1 atom stereocenters. The van der Waals surface area contributed by atoms with E-state index in [1.165, 1.54) is 12.0 Å². The summed E-state index contributed by atoms with van der Waals surface area (Å²) in [4.78, 5) is 14.1. The molecule has 0 radical (unpaired) electrons. The van der Waals surface area contributed by atoms with Crippen molar-refractivity contribution in [1.82, 2.24) is 4.90 Å². The van der Waals surface area contributed by atoms with Gasteiger partial charge in [-0.15, -0.1) is 0 Å². The number of nitrogens with zero attached hydrogens (tertiary/aromatic N) is 1. The van der Waals surface area contributed by atoms with Crippen molar-refractivity contribution in [3.05, 3.63) is 34.9 Å². The Bertz CT molecular complexity index is 401. The van der Waals surface area contributed by atoms with Crippen molar-refractivity contribution in [3.8, 4) is 0 Å². The molecular weight excluding hydrogens is 246 g/mol. The molecule has 0 bridgehead atoms. The van der Waals surface area contributed by atoms with E-state index in [1.54, 1.807) is 0 Å². The van der Waals surface area contributed by atoms with Gasteiger partial charge in [0.15, 0.2) is 0 Å². The monoisotopic (exact) mass is 265 g/mol. The number of rotatable bonds is 3.